The van der Waals surface area contributed by atoms with E-state index >= 15 is 0 Å². The molecule has 108 valence electrons. The summed E-state index contributed by atoms with van der Waals surface area (Å²) in [6.45, 7) is 0. The minimum atomic E-state index is -0.388. The van der Waals surface area contributed by atoms with Gasteiger partial charge in [-0.2, -0.15) is 5.26 Å². The molecular weight excluding hydrogens is 347 g/mol. The van der Waals surface area contributed by atoms with Gasteiger partial charge < -0.3 is 11.1 Å². The number of halogens is 2. The summed E-state index contributed by atoms with van der Waals surface area (Å²) in [4.78, 5) is 4.23. The Morgan fingerprint density at radius 2 is 2.05 bits per heavy atom. The first-order chi connectivity index (χ1) is 10.6. The number of anilines is 3. The second-order valence-corrected chi connectivity index (χ2v) is 5.54. The fraction of sp³-hybridized carbons (Fsp3) is 0. The lowest BCUT2D eigenvalue weighted by molar-refractivity contribution is 0.622. The predicted molar refractivity (Wildman–Crippen MR) is 88.3 cm³/mol. The quantitative estimate of drug-likeness (QED) is 0.670. The van der Waals surface area contributed by atoms with Crippen LogP contribution in [0.4, 0.5) is 21.5 Å². The molecule has 0 bridgehead atoms. The lowest BCUT2D eigenvalue weighted by atomic mass is 10.1. The lowest BCUT2D eigenvalue weighted by Gasteiger charge is -2.12. The number of fused-ring (bicyclic) bond motifs is 1. The SMILES string of the molecule is N#Cc1cnc2ccc(N)cc2c1Nc1ccc(Br)c(F)c1. The monoisotopic (exact) mass is 356 g/mol. The summed E-state index contributed by atoms with van der Waals surface area (Å²) >= 11 is 3.11. The topological polar surface area (TPSA) is 74.7 Å². The van der Waals surface area contributed by atoms with Gasteiger partial charge in [0.2, 0.25) is 0 Å². The van der Waals surface area contributed by atoms with Crippen molar-refractivity contribution in [3.05, 3.63) is 58.4 Å². The van der Waals surface area contributed by atoms with Gasteiger partial charge in [-0.05, 0) is 52.3 Å². The molecule has 0 atom stereocenters. The fourth-order valence-electron chi connectivity index (χ4n) is 2.15. The van der Waals surface area contributed by atoms with Gasteiger partial charge in [0.15, 0.2) is 0 Å². The van der Waals surface area contributed by atoms with Crippen molar-refractivity contribution in [3.63, 3.8) is 0 Å². The van der Waals surface area contributed by atoms with E-state index in [4.69, 9.17) is 5.73 Å². The summed E-state index contributed by atoms with van der Waals surface area (Å²) in [7, 11) is 0. The molecule has 22 heavy (non-hydrogen) atoms. The maximum absolute atomic E-state index is 13.7. The highest BCUT2D eigenvalue weighted by molar-refractivity contribution is 9.10. The molecule has 0 saturated heterocycles. The number of hydrogen-bond donors (Lipinski definition) is 2. The molecular formula is C16H10BrFN4. The molecule has 0 fully saturated rings. The Kier molecular flexibility index (Phi) is 3.65. The summed E-state index contributed by atoms with van der Waals surface area (Å²) in [6, 6.07) is 12.0. The molecule has 0 aliphatic carbocycles. The van der Waals surface area contributed by atoms with Gasteiger partial charge in [-0.25, -0.2) is 4.39 Å². The number of rotatable bonds is 2. The Hall–Kier alpha value is -2.65. The van der Waals surface area contributed by atoms with Crippen LogP contribution in [0.5, 0.6) is 0 Å². The minimum absolute atomic E-state index is 0.362. The summed E-state index contributed by atoms with van der Waals surface area (Å²) in [5, 5.41) is 13.1. The Balaban J connectivity index is 2.17. The average molecular weight is 357 g/mol. The van der Waals surface area contributed by atoms with Crippen LogP contribution in [0.3, 0.4) is 0 Å². The van der Waals surface area contributed by atoms with Gasteiger partial charge in [-0.1, -0.05) is 0 Å². The van der Waals surface area contributed by atoms with E-state index in [9.17, 15) is 9.65 Å². The van der Waals surface area contributed by atoms with Crippen molar-refractivity contribution in [2.24, 2.45) is 0 Å². The maximum atomic E-state index is 13.7. The highest BCUT2D eigenvalue weighted by atomic mass is 79.9. The van der Waals surface area contributed by atoms with Crippen LogP contribution in [0, 0.1) is 17.1 Å². The van der Waals surface area contributed by atoms with Crippen molar-refractivity contribution in [3.8, 4) is 6.07 Å². The standard InChI is InChI=1S/C16H10BrFN4/c17-13-3-2-11(6-14(13)18)22-16-9(7-19)8-21-15-4-1-10(20)5-12(15)16/h1-6,8H,20H2,(H,21,22). The molecule has 0 unspecified atom stereocenters. The smallest absolute Gasteiger partial charge is 0.139 e. The molecule has 3 aromatic rings. The van der Waals surface area contributed by atoms with Crippen LogP contribution in [-0.4, -0.2) is 4.98 Å². The first kappa shape index (κ1) is 14.3. The zero-order valence-corrected chi connectivity index (χ0v) is 12.9. The van der Waals surface area contributed by atoms with E-state index in [0.717, 1.165) is 0 Å². The van der Waals surface area contributed by atoms with Crippen LogP contribution in [0.15, 0.2) is 47.1 Å². The molecule has 3 rings (SSSR count). The number of nitriles is 1. The molecule has 0 amide bonds. The molecule has 0 spiro atoms. The summed E-state index contributed by atoms with van der Waals surface area (Å²) < 4.78 is 14.0. The summed E-state index contributed by atoms with van der Waals surface area (Å²) in [6.07, 6.45) is 1.48. The van der Waals surface area contributed by atoms with E-state index < -0.39 is 0 Å². The molecule has 4 nitrogen and oxygen atoms in total. The van der Waals surface area contributed by atoms with E-state index in [1.54, 1.807) is 30.3 Å². The van der Waals surface area contributed by atoms with Crippen LogP contribution in [-0.2, 0) is 0 Å². The number of benzene rings is 2. The van der Waals surface area contributed by atoms with Crippen LogP contribution in [0.25, 0.3) is 10.9 Å². The van der Waals surface area contributed by atoms with Gasteiger partial charge in [0.05, 0.1) is 21.2 Å². The van der Waals surface area contributed by atoms with E-state index in [1.165, 1.54) is 12.3 Å². The van der Waals surface area contributed by atoms with Crippen LogP contribution in [0.2, 0.25) is 0 Å². The molecule has 0 aliphatic rings. The van der Waals surface area contributed by atoms with E-state index in [1.807, 2.05) is 0 Å². The third kappa shape index (κ3) is 2.59. The van der Waals surface area contributed by atoms with E-state index in [-0.39, 0.29) is 5.82 Å². The van der Waals surface area contributed by atoms with Crippen molar-refractivity contribution in [2.75, 3.05) is 11.1 Å². The second-order valence-electron chi connectivity index (χ2n) is 4.69. The third-order valence-electron chi connectivity index (χ3n) is 3.20. The summed E-state index contributed by atoms with van der Waals surface area (Å²) in [5.41, 5.74) is 8.54. The Labute approximate surface area is 134 Å². The number of nitrogen functional groups attached to an aromatic ring is 1. The highest BCUT2D eigenvalue weighted by Gasteiger charge is 2.10. The first-order valence-electron chi connectivity index (χ1n) is 6.39. The van der Waals surface area contributed by atoms with Crippen LogP contribution >= 0.6 is 15.9 Å². The van der Waals surface area contributed by atoms with Gasteiger partial charge in [-0.3, -0.25) is 4.98 Å². The van der Waals surface area contributed by atoms with Gasteiger partial charge in [0.25, 0.3) is 0 Å². The zero-order chi connectivity index (χ0) is 15.7. The first-order valence-corrected chi connectivity index (χ1v) is 7.18. The van der Waals surface area contributed by atoms with Crippen molar-refractivity contribution in [2.45, 2.75) is 0 Å². The molecule has 0 aliphatic heterocycles. The number of nitrogens with zero attached hydrogens (tertiary/aromatic N) is 2. The van der Waals surface area contributed by atoms with Crippen molar-refractivity contribution in [1.82, 2.24) is 4.98 Å². The van der Waals surface area contributed by atoms with Crippen LogP contribution in [0.1, 0.15) is 5.56 Å². The number of pyridine rings is 1. The van der Waals surface area contributed by atoms with Gasteiger partial charge in [-0.15, -0.1) is 0 Å². The third-order valence-corrected chi connectivity index (χ3v) is 3.84. The van der Waals surface area contributed by atoms with Gasteiger partial charge in [0.1, 0.15) is 11.9 Å². The normalized spacial score (nSPS) is 10.4. The molecule has 1 aromatic heterocycles. The molecule has 0 saturated carbocycles. The lowest BCUT2D eigenvalue weighted by Crippen LogP contribution is -1.98. The molecule has 3 N–H and O–H groups in total. The average Bonchev–Trinajstić information content (AvgIpc) is 2.51. The Bertz CT molecular complexity index is 918. The second kappa shape index (κ2) is 5.62. The van der Waals surface area contributed by atoms with E-state index in [0.29, 0.717) is 38.0 Å². The largest absolute Gasteiger partial charge is 0.399 e. The number of hydrogen-bond acceptors (Lipinski definition) is 4. The van der Waals surface area contributed by atoms with Gasteiger partial charge in [0, 0.05) is 23.0 Å². The maximum Gasteiger partial charge on any atom is 0.139 e. The van der Waals surface area contributed by atoms with Crippen molar-refractivity contribution < 1.29 is 4.39 Å². The molecule has 1 heterocycles. The highest BCUT2D eigenvalue weighted by Crippen LogP contribution is 2.31. The summed E-state index contributed by atoms with van der Waals surface area (Å²) in [5.74, 6) is -0.388. The molecule has 6 heteroatoms. The Morgan fingerprint density at radius 1 is 1.23 bits per heavy atom. The number of nitrogens with two attached hydrogens (primary N) is 1. The molecule has 2 aromatic carbocycles. The fourth-order valence-corrected chi connectivity index (χ4v) is 2.39. The van der Waals surface area contributed by atoms with Crippen molar-refractivity contribution >= 4 is 43.9 Å². The number of aromatic nitrogens is 1. The van der Waals surface area contributed by atoms with Crippen LogP contribution < -0.4 is 11.1 Å². The molecule has 0 radical (unpaired) electrons. The van der Waals surface area contributed by atoms with Gasteiger partial charge >= 0.3 is 0 Å². The minimum Gasteiger partial charge on any atom is -0.399 e. The Morgan fingerprint density at radius 3 is 2.77 bits per heavy atom. The predicted octanol–water partition coefficient (Wildman–Crippen LogP) is 4.33. The van der Waals surface area contributed by atoms with E-state index in [2.05, 4.69) is 32.3 Å². The zero-order valence-electron chi connectivity index (χ0n) is 11.3. The van der Waals surface area contributed by atoms with Crippen molar-refractivity contribution in [1.29, 1.82) is 5.26 Å². The number of nitrogens with one attached hydrogen (secondary N) is 1.